The van der Waals surface area contributed by atoms with Crippen LogP contribution in [0.25, 0.3) is 0 Å². The number of pyridine rings is 1. The number of ether oxygens (including phenoxy) is 1. The van der Waals surface area contributed by atoms with E-state index in [-0.39, 0.29) is 23.8 Å². The van der Waals surface area contributed by atoms with E-state index < -0.39 is 0 Å². The van der Waals surface area contributed by atoms with Crippen molar-refractivity contribution in [2.75, 3.05) is 11.9 Å². The van der Waals surface area contributed by atoms with E-state index in [1.165, 1.54) is 4.57 Å². The van der Waals surface area contributed by atoms with Gasteiger partial charge in [0.2, 0.25) is 5.91 Å². The van der Waals surface area contributed by atoms with Crippen molar-refractivity contribution in [1.29, 1.82) is 0 Å². The third-order valence-corrected chi connectivity index (χ3v) is 3.71. The molecule has 1 amide bonds. The second kappa shape index (κ2) is 7.83. The molecule has 0 aliphatic heterocycles. The van der Waals surface area contributed by atoms with Crippen molar-refractivity contribution in [3.8, 4) is 5.75 Å². The summed E-state index contributed by atoms with van der Waals surface area (Å²) in [6.07, 6.45) is 2.37. The lowest BCUT2D eigenvalue weighted by Crippen LogP contribution is -2.28. The van der Waals surface area contributed by atoms with Crippen LogP contribution in [-0.4, -0.2) is 17.1 Å². The number of nitrogens with one attached hydrogen (secondary N) is 1. The molecular weight excluding hydrogens is 316 g/mol. The van der Waals surface area contributed by atoms with Crippen molar-refractivity contribution in [1.82, 2.24) is 4.57 Å². The number of carbonyl (C=O) groups excluding carboxylic acids is 1. The molecule has 1 N–H and O–H groups in total. The highest BCUT2D eigenvalue weighted by molar-refractivity contribution is 6.31. The van der Waals surface area contributed by atoms with Crippen molar-refractivity contribution in [3.63, 3.8) is 0 Å². The van der Waals surface area contributed by atoms with Crippen LogP contribution >= 0.6 is 11.6 Å². The summed E-state index contributed by atoms with van der Waals surface area (Å²) < 4.78 is 6.70. The van der Waals surface area contributed by atoms with Gasteiger partial charge >= 0.3 is 0 Å². The summed E-state index contributed by atoms with van der Waals surface area (Å²) in [6, 6.07) is 8.57. The minimum Gasteiger partial charge on any atom is -0.488 e. The van der Waals surface area contributed by atoms with Crippen molar-refractivity contribution in [3.05, 3.63) is 57.5 Å². The van der Waals surface area contributed by atoms with Gasteiger partial charge in [0.15, 0.2) is 5.75 Å². The second-order valence-corrected chi connectivity index (χ2v) is 5.52. The molecule has 2 aromatic rings. The molecule has 23 heavy (non-hydrogen) atoms. The number of nitrogens with zero attached hydrogens (tertiary/aromatic N) is 1. The Kier molecular flexibility index (Phi) is 5.82. The predicted molar refractivity (Wildman–Crippen MR) is 91.3 cm³/mol. The van der Waals surface area contributed by atoms with Gasteiger partial charge in [-0.2, -0.15) is 0 Å². The molecule has 0 atom stereocenters. The maximum absolute atomic E-state index is 12.2. The van der Waals surface area contributed by atoms with Crippen LogP contribution in [-0.2, 0) is 11.3 Å². The Morgan fingerprint density at radius 3 is 2.83 bits per heavy atom. The van der Waals surface area contributed by atoms with Gasteiger partial charge in [0, 0.05) is 16.9 Å². The maximum Gasteiger partial charge on any atom is 0.293 e. The molecule has 1 heterocycles. The molecule has 2 rings (SSSR count). The number of amides is 1. The number of anilines is 1. The smallest absolute Gasteiger partial charge is 0.293 e. The molecule has 0 spiro atoms. The fourth-order valence-electron chi connectivity index (χ4n) is 2.05. The number of carbonyl (C=O) groups is 1. The zero-order chi connectivity index (χ0) is 16.8. The highest BCUT2D eigenvalue weighted by Gasteiger charge is 2.10. The van der Waals surface area contributed by atoms with Gasteiger partial charge in [-0.15, -0.1) is 0 Å². The van der Waals surface area contributed by atoms with E-state index in [0.29, 0.717) is 17.3 Å². The topological polar surface area (TPSA) is 60.3 Å². The SMILES string of the molecule is CCCOc1cccn(CC(=O)Nc2cccc(Cl)c2C)c1=O. The van der Waals surface area contributed by atoms with E-state index >= 15 is 0 Å². The van der Waals surface area contributed by atoms with Gasteiger partial charge in [-0.1, -0.05) is 24.6 Å². The molecule has 0 radical (unpaired) electrons. The van der Waals surface area contributed by atoms with Gasteiger partial charge in [0.05, 0.1) is 6.61 Å². The van der Waals surface area contributed by atoms with E-state index in [1.807, 2.05) is 13.8 Å². The van der Waals surface area contributed by atoms with Gasteiger partial charge < -0.3 is 14.6 Å². The van der Waals surface area contributed by atoms with Crippen LogP contribution in [0.1, 0.15) is 18.9 Å². The Labute approximate surface area is 139 Å². The van der Waals surface area contributed by atoms with Crippen LogP contribution in [0, 0.1) is 6.92 Å². The number of halogens is 1. The second-order valence-electron chi connectivity index (χ2n) is 5.11. The Balaban J connectivity index is 2.11. The standard InChI is InChI=1S/C17H19ClN2O3/c1-3-10-23-15-8-5-9-20(17(15)22)11-16(21)19-14-7-4-6-13(18)12(14)2/h4-9H,3,10-11H2,1-2H3,(H,19,21). The average Bonchev–Trinajstić information content (AvgIpc) is 2.53. The van der Waals surface area contributed by atoms with Gasteiger partial charge in [0.1, 0.15) is 6.54 Å². The highest BCUT2D eigenvalue weighted by atomic mass is 35.5. The van der Waals surface area contributed by atoms with Crippen molar-refractivity contribution in [2.45, 2.75) is 26.8 Å². The van der Waals surface area contributed by atoms with Crippen molar-refractivity contribution in [2.24, 2.45) is 0 Å². The molecule has 0 fully saturated rings. The molecule has 1 aromatic carbocycles. The van der Waals surface area contributed by atoms with E-state index in [0.717, 1.165) is 12.0 Å². The third kappa shape index (κ3) is 4.36. The summed E-state index contributed by atoms with van der Waals surface area (Å²) in [7, 11) is 0. The Morgan fingerprint density at radius 2 is 2.09 bits per heavy atom. The minimum absolute atomic E-state index is 0.0892. The van der Waals surface area contributed by atoms with E-state index in [9.17, 15) is 9.59 Å². The first kappa shape index (κ1) is 17.1. The van der Waals surface area contributed by atoms with Crippen LogP contribution < -0.4 is 15.6 Å². The summed E-state index contributed by atoms with van der Waals surface area (Å²) in [4.78, 5) is 24.4. The number of hydrogen-bond acceptors (Lipinski definition) is 3. The molecule has 6 heteroatoms. The molecule has 0 bridgehead atoms. The summed E-state index contributed by atoms with van der Waals surface area (Å²) >= 11 is 6.03. The van der Waals surface area contributed by atoms with Crippen LogP contribution in [0.5, 0.6) is 5.75 Å². The summed E-state index contributed by atoms with van der Waals surface area (Å²) in [6.45, 7) is 4.16. The number of aromatic nitrogens is 1. The van der Waals surface area contributed by atoms with Gasteiger partial charge in [-0.3, -0.25) is 9.59 Å². The van der Waals surface area contributed by atoms with Crippen LogP contribution in [0.15, 0.2) is 41.3 Å². The molecule has 0 aliphatic rings. The zero-order valence-corrected chi connectivity index (χ0v) is 13.9. The lowest BCUT2D eigenvalue weighted by molar-refractivity contribution is -0.116. The molecule has 5 nitrogen and oxygen atoms in total. The van der Waals surface area contributed by atoms with Crippen LogP contribution in [0.2, 0.25) is 5.02 Å². The molecule has 0 unspecified atom stereocenters. The Morgan fingerprint density at radius 1 is 1.30 bits per heavy atom. The van der Waals surface area contributed by atoms with Gasteiger partial charge in [-0.05, 0) is 43.2 Å². The first-order chi connectivity index (χ1) is 11.0. The molecule has 1 aromatic heterocycles. The Bertz CT molecular complexity index is 756. The third-order valence-electron chi connectivity index (χ3n) is 3.30. The Hall–Kier alpha value is -2.27. The lowest BCUT2D eigenvalue weighted by Gasteiger charge is -2.11. The largest absolute Gasteiger partial charge is 0.488 e. The average molecular weight is 335 g/mol. The minimum atomic E-state index is -0.320. The lowest BCUT2D eigenvalue weighted by atomic mass is 10.2. The van der Waals surface area contributed by atoms with Crippen molar-refractivity contribution >= 4 is 23.2 Å². The van der Waals surface area contributed by atoms with Gasteiger partial charge in [0.25, 0.3) is 5.56 Å². The molecule has 0 saturated heterocycles. The first-order valence-electron chi connectivity index (χ1n) is 7.40. The zero-order valence-electron chi connectivity index (χ0n) is 13.1. The summed E-state index contributed by atoms with van der Waals surface area (Å²) in [5.41, 5.74) is 1.10. The van der Waals surface area contributed by atoms with Crippen LogP contribution in [0.4, 0.5) is 5.69 Å². The quantitative estimate of drug-likeness (QED) is 0.882. The normalized spacial score (nSPS) is 10.4. The maximum atomic E-state index is 12.2. The molecule has 0 aliphatic carbocycles. The number of hydrogen-bond donors (Lipinski definition) is 1. The van der Waals surface area contributed by atoms with E-state index in [4.69, 9.17) is 16.3 Å². The van der Waals surface area contributed by atoms with Crippen LogP contribution in [0.3, 0.4) is 0 Å². The van der Waals surface area contributed by atoms with Gasteiger partial charge in [-0.25, -0.2) is 0 Å². The predicted octanol–water partition coefficient (Wildman–Crippen LogP) is 3.24. The fraction of sp³-hybridized carbons (Fsp3) is 0.294. The highest BCUT2D eigenvalue weighted by Crippen LogP contribution is 2.22. The first-order valence-corrected chi connectivity index (χ1v) is 7.78. The summed E-state index contributed by atoms with van der Waals surface area (Å²) in [5.74, 6) is -0.0498. The van der Waals surface area contributed by atoms with E-state index in [2.05, 4.69) is 5.32 Å². The van der Waals surface area contributed by atoms with Crippen molar-refractivity contribution < 1.29 is 9.53 Å². The summed E-state index contributed by atoms with van der Waals surface area (Å²) in [5, 5.41) is 3.34. The fourth-order valence-corrected chi connectivity index (χ4v) is 2.22. The number of rotatable bonds is 6. The number of benzene rings is 1. The molecular formula is C17H19ClN2O3. The monoisotopic (exact) mass is 334 g/mol. The molecule has 122 valence electrons. The molecule has 0 saturated carbocycles. The van der Waals surface area contributed by atoms with E-state index in [1.54, 1.807) is 36.5 Å².